The lowest BCUT2D eigenvalue weighted by molar-refractivity contribution is 0.424. The molecule has 0 radical (unpaired) electrons. The summed E-state index contributed by atoms with van der Waals surface area (Å²) in [7, 11) is -2.25. The molecule has 11 heteroatoms. The number of nitrogens with zero attached hydrogens (tertiary/aromatic N) is 3. The van der Waals surface area contributed by atoms with Gasteiger partial charge in [0.05, 0.1) is 21.2 Å². The van der Waals surface area contributed by atoms with Crippen molar-refractivity contribution in [2.24, 2.45) is 0 Å². The highest BCUT2D eigenvalue weighted by Gasteiger charge is 2.44. The van der Waals surface area contributed by atoms with Gasteiger partial charge in [-0.25, -0.2) is 12.7 Å². The van der Waals surface area contributed by atoms with E-state index in [9.17, 15) is 8.42 Å². The first kappa shape index (κ1) is 19.9. The van der Waals surface area contributed by atoms with E-state index in [1.807, 2.05) is 24.3 Å². The predicted octanol–water partition coefficient (Wildman–Crippen LogP) is 3.44. The van der Waals surface area contributed by atoms with Crippen LogP contribution in [0.3, 0.4) is 0 Å². The van der Waals surface area contributed by atoms with Gasteiger partial charge < -0.3 is 9.73 Å². The lowest BCUT2D eigenvalue weighted by Crippen LogP contribution is -2.60. The van der Waals surface area contributed by atoms with Crippen molar-refractivity contribution >= 4 is 38.9 Å². The summed E-state index contributed by atoms with van der Waals surface area (Å²) in [4.78, 5) is 1.53. The van der Waals surface area contributed by atoms with E-state index < -0.39 is 15.6 Å². The summed E-state index contributed by atoms with van der Waals surface area (Å²) in [6, 6.07) is 9.42. The predicted molar refractivity (Wildman–Crippen MR) is 113 cm³/mol. The minimum atomic E-state index is -3.61. The number of halogens is 1. The normalized spacial score (nSPS) is 21.2. The molecule has 152 valence electrons. The van der Waals surface area contributed by atoms with Crippen molar-refractivity contribution in [3.63, 3.8) is 0 Å². The molecule has 0 bridgehead atoms. The minimum absolute atomic E-state index is 0.182. The van der Waals surface area contributed by atoms with Crippen LogP contribution in [0.1, 0.15) is 17.7 Å². The number of aromatic nitrogens is 2. The molecule has 3 heterocycles. The second-order valence-electron chi connectivity index (χ2n) is 7.02. The fourth-order valence-electron chi connectivity index (χ4n) is 3.21. The van der Waals surface area contributed by atoms with Crippen LogP contribution in [0.5, 0.6) is 0 Å². The fraction of sp³-hybridized carbons (Fsp3) is 0.278. The molecule has 1 fully saturated rings. The van der Waals surface area contributed by atoms with Crippen LogP contribution in [-0.4, -0.2) is 41.7 Å². The lowest BCUT2D eigenvalue weighted by Gasteiger charge is -2.39. The highest BCUT2D eigenvalue weighted by molar-refractivity contribution is 7.89. The quantitative estimate of drug-likeness (QED) is 0.630. The molecule has 0 amide bonds. The first-order valence-corrected chi connectivity index (χ1v) is 11.4. The Kier molecular flexibility index (Phi) is 4.67. The molecule has 8 nitrogen and oxygen atoms in total. The molecule has 2 aromatic heterocycles. The van der Waals surface area contributed by atoms with Crippen molar-refractivity contribution < 1.29 is 12.8 Å². The fourth-order valence-corrected chi connectivity index (χ4v) is 6.40. The lowest BCUT2D eigenvalue weighted by atomic mass is 10.0. The van der Waals surface area contributed by atoms with Gasteiger partial charge in [-0.3, -0.25) is 5.41 Å². The zero-order chi connectivity index (χ0) is 21.0. The van der Waals surface area contributed by atoms with Crippen molar-refractivity contribution in [2.75, 3.05) is 12.8 Å². The van der Waals surface area contributed by atoms with Crippen molar-refractivity contribution in [1.29, 1.82) is 5.41 Å². The van der Waals surface area contributed by atoms with Crippen molar-refractivity contribution in [2.45, 2.75) is 19.4 Å². The Balaban J connectivity index is 1.73. The van der Waals surface area contributed by atoms with Gasteiger partial charge in [-0.15, -0.1) is 21.5 Å². The third-order valence-electron chi connectivity index (χ3n) is 4.71. The summed E-state index contributed by atoms with van der Waals surface area (Å²) >= 11 is 7.90. The van der Waals surface area contributed by atoms with Crippen molar-refractivity contribution in [3.8, 4) is 21.9 Å². The Labute approximate surface area is 177 Å². The Morgan fingerprint density at radius 2 is 2.03 bits per heavy atom. The smallest absolute Gasteiger partial charge is 0.247 e. The molecule has 29 heavy (non-hydrogen) atoms. The summed E-state index contributed by atoms with van der Waals surface area (Å²) in [5, 5.41) is 19.3. The van der Waals surface area contributed by atoms with Gasteiger partial charge >= 0.3 is 0 Å². The van der Waals surface area contributed by atoms with E-state index in [1.165, 1.54) is 18.4 Å². The zero-order valence-electron chi connectivity index (χ0n) is 15.9. The zero-order valence-corrected chi connectivity index (χ0v) is 18.2. The van der Waals surface area contributed by atoms with E-state index >= 15 is 0 Å². The van der Waals surface area contributed by atoms with Gasteiger partial charge in [-0.05, 0) is 30.7 Å². The molecule has 3 aromatic rings. The Morgan fingerprint density at radius 3 is 2.69 bits per heavy atom. The largest absolute Gasteiger partial charge is 0.421 e. The molecule has 0 aliphatic carbocycles. The van der Waals surface area contributed by atoms with Crippen LogP contribution in [0.2, 0.25) is 5.02 Å². The molecule has 0 saturated carbocycles. The van der Waals surface area contributed by atoms with E-state index in [2.05, 4.69) is 15.5 Å². The number of hydrogen-bond donors (Lipinski definition) is 2. The van der Waals surface area contributed by atoms with Crippen LogP contribution >= 0.6 is 22.9 Å². The topological polar surface area (TPSA) is 112 Å². The van der Waals surface area contributed by atoms with Gasteiger partial charge in [0.25, 0.3) is 0 Å². The van der Waals surface area contributed by atoms with Gasteiger partial charge in [0, 0.05) is 24.4 Å². The summed E-state index contributed by atoms with van der Waals surface area (Å²) in [5.74, 6) is 0.533. The highest BCUT2D eigenvalue weighted by Crippen LogP contribution is 2.42. The van der Waals surface area contributed by atoms with Crippen molar-refractivity contribution in [3.05, 3.63) is 46.1 Å². The Bertz CT molecular complexity index is 1220. The molecule has 1 atom stereocenters. The number of guanidine groups is 1. The third kappa shape index (κ3) is 3.52. The first-order valence-electron chi connectivity index (χ1n) is 8.63. The van der Waals surface area contributed by atoms with E-state index in [0.29, 0.717) is 21.7 Å². The average Bonchev–Trinajstić information content (AvgIpc) is 3.26. The van der Waals surface area contributed by atoms with Crippen molar-refractivity contribution in [1.82, 2.24) is 19.8 Å². The van der Waals surface area contributed by atoms with E-state index in [-0.39, 0.29) is 11.7 Å². The summed E-state index contributed by atoms with van der Waals surface area (Å²) in [6.07, 6.45) is 0. The standard InChI is InChI=1S/C18H18ClN5O3S2/c1-10-22-23-16(27-10)12-6-4-5-11(7-12)14-8-13(19)15(28-14)18(2)9-29(25,26)24(3)17(20)21-18/h4-8H,9H2,1-3H3,(H2,20,21)/t18-/m0/s1. The monoisotopic (exact) mass is 451 g/mol. The van der Waals surface area contributed by atoms with Gasteiger partial charge in [0.15, 0.2) is 0 Å². The number of hydrogen-bond acceptors (Lipinski definition) is 7. The summed E-state index contributed by atoms with van der Waals surface area (Å²) < 4.78 is 31.3. The Morgan fingerprint density at radius 1 is 1.31 bits per heavy atom. The molecule has 1 aromatic carbocycles. The van der Waals surface area contributed by atoms with E-state index in [4.69, 9.17) is 21.4 Å². The number of nitrogens with one attached hydrogen (secondary N) is 2. The maximum atomic E-state index is 12.5. The molecule has 1 aliphatic heterocycles. The molecule has 4 rings (SSSR count). The highest BCUT2D eigenvalue weighted by atomic mass is 35.5. The van der Waals surface area contributed by atoms with Gasteiger partial charge in [0.2, 0.25) is 27.8 Å². The van der Waals surface area contributed by atoms with E-state index in [0.717, 1.165) is 20.3 Å². The van der Waals surface area contributed by atoms with Crippen LogP contribution in [0.4, 0.5) is 0 Å². The molecule has 0 unspecified atom stereocenters. The molecule has 1 saturated heterocycles. The van der Waals surface area contributed by atoms with Gasteiger partial charge in [-0.2, -0.15) is 0 Å². The Hall–Kier alpha value is -2.43. The maximum Gasteiger partial charge on any atom is 0.247 e. The molecule has 1 aliphatic rings. The van der Waals surface area contributed by atoms with Crippen LogP contribution in [0.15, 0.2) is 34.7 Å². The van der Waals surface area contributed by atoms with Crippen LogP contribution in [0.25, 0.3) is 21.9 Å². The first-order chi connectivity index (χ1) is 13.6. The second kappa shape index (κ2) is 6.82. The molecular formula is C18H18ClN5O3S2. The second-order valence-corrected chi connectivity index (χ2v) is 10.5. The average molecular weight is 452 g/mol. The minimum Gasteiger partial charge on any atom is -0.421 e. The molecule has 0 spiro atoms. The molecule has 2 N–H and O–H groups in total. The van der Waals surface area contributed by atoms with Crippen LogP contribution < -0.4 is 5.32 Å². The maximum absolute atomic E-state index is 12.5. The molecular weight excluding hydrogens is 434 g/mol. The number of benzene rings is 1. The number of rotatable bonds is 3. The van der Waals surface area contributed by atoms with Crippen LogP contribution in [0, 0.1) is 12.3 Å². The third-order valence-corrected chi connectivity index (χ3v) is 8.52. The van der Waals surface area contributed by atoms with Gasteiger partial charge in [0.1, 0.15) is 0 Å². The SMILES string of the molecule is Cc1nnc(-c2cccc(-c3cc(Cl)c([C@]4(C)CS(=O)(=O)N(C)C(=N)N4)s3)c2)o1. The number of thiophene rings is 1. The summed E-state index contributed by atoms with van der Waals surface area (Å²) in [5.41, 5.74) is 0.678. The summed E-state index contributed by atoms with van der Waals surface area (Å²) in [6.45, 7) is 3.47. The number of aryl methyl sites for hydroxylation is 1. The van der Waals surface area contributed by atoms with Crippen LogP contribution in [-0.2, 0) is 15.6 Å². The van der Waals surface area contributed by atoms with Gasteiger partial charge in [-0.1, -0.05) is 23.7 Å². The van der Waals surface area contributed by atoms with E-state index in [1.54, 1.807) is 19.9 Å². The number of sulfonamides is 1.